The molecule has 0 unspecified atom stereocenters. The Bertz CT molecular complexity index is 322. The van der Waals surface area contributed by atoms with Crippen molar-refractivity contribution in [2.24, 2.45) is 0 Å². The van der Waals surface area contributed by atoms with Crippen molar-refractivity contribution in [2.45, 2.75) is 6.43 Å². The van der Waals surface area contributed by atoms with Crippen LogP contribution in [0.4, 0.5) is 8.78 Å². The molecule has 70 valence electrons. The van der Waals surface area contributed by atoms with Crippen molar-refractivity contribution in [1.29, 1.82) is 0 Å². The maximum atomic E-state index is 12.4. The number of aldehydes is 1. The van der Waals surface area contributed by atoms with E-state index in [0.29, 0.717) is 6.29 Å². The Morgan fingerprint density at radius 1 is 1.62 bits per heavy atom. The average molecular weight is 362 g/mol. The van der Waals surface area contributed by atoms with Crippen LogP contribution in [0.5, 0.6) is 0 Å². The first kappa shape index (κ1) is 11.0. The van der Waals surface area contributed by atoms with Crippen LogP contribution >= 0.6 is 38.5 Å². The molecule has 0 aliphatic heterocycles. The standard InChI is InChI=1S/C7H3BrF2INO/c8-4-1-3(2-13)12-7(11)5(4)6(9)10/h1-2,6H. The van der Waals surface area contributed by atoms with Gasteiger partial charge in [-0.2, -0.15) is 0 Å². The fourth-order valence-electron chi connectivity index (χ4n) is 0.767. The molecule has 0 atom stereocenters. The molecule has 0 radical (unpaired) electrons. The second-order valence-corrected chi connectivity index (χ2v) is 4.03. The molecule has 0 aliphatic rings. The Morgan fingerprint density at radius 3 is 2.62 bits per heavy atom. The highest BCUT2D eigenvalue weighted by molar-refractivity contribution is 14.1. The lowest BCUT2D eigenvalue weighted by atomic mass is 10.2. The third-order valence-electron chi connectivity index (χ3n) is 1.32. The second-order valence-electron chi connectivity index (χ2n) is 2.15. The number of nitrogens with zero attached hydrogens (tertiary/aromatic N) is 1. The van der Waals surface area contributed by atoms with E-state index in [1.807, 2.05) is 0 Å². The van der Waals surface area contributed by atoms with Gasteiger partial charge in [-0.3, -0.25) is 4.79 Å². The summed E-state index contributed by atoms with van der Waals surface area (Å²) in [5.41, 5.74) is -0.0353. The third kappa shape index (κ3) is 2.43. The normalized spacial score (nSPS) is 10.5. The van der Waals surface area contributed by atoms with E-state index >= 15 is 0 Å². The number of carbonyl (C=O) groups excluding carboxylic acids is 1. The number of hydrogen-bond acceptors (Lipinski definition) is 2. The highest BCUT2D eigenvalue weighted by Crippen LogP contribution is 2.30. The van der Waals surface area contributed by atoms with Gasteiger partial charge in [-0.05, 0) is 28.7 Å². The Hall–Kier alpha value is -0.110. The van der Waals surface area contributed by atoms with Crippen LogP contribution in [-0.4, -0.2) is 11.3 Å². The number of alkyl halides is 2. The van der Waals surface area contributed by atoms with Crippen molar-refractivity contribution < 1.29 is 13.6 Å². The molecule has 0 bridgehead atoms. The quantitative estimate of drug-likeness (QED) is 0.460. The summed E-state index contributed by atoms with van der Waals surface area (Å²) in [6.07, 6.45) is -2.07. The average Bonchev–Trinajstić information content (AvgIpc) is 2.02. The SMILES string of the molecule is O=Cc1cc(Br)c(C(F)F)c(I)n1. The summed E-state index contributed by atoms with van der Waals surface area (Å²) in [5, 5.41) is 0. The minimum Gasteiger partial charge on any atom is -0.296 e. The highest BCUT2D eigenvalue weighted by atomic mass is 127. The number of carbonyl (C=O) groups is 1. The molecule has 13 heavy (non-hydrogen) atoms. The van der Waals surface area contributed by atoms with E-state index in [9.17, 15) is 13.6 Å². The number of aromatic nitrogens is 1. The molecule has 6 heteroatoms. The van der Waals surface area contributed by atoms with Crippen LogP contribution < -0.4 is 0 Å². The molecule has 1 aromatic rings. The maximum absolute atomic E-state index is 12.4. The second kappa shape index (κ2) is 4.41. The van der Waals surface area contributed by atoms with Gasteiger partial charge in [0.25, 0.3) is 6.43 Å². The molecule has 0 saturated heterocycles. The predicted octanol–water partition coefficient (Wildman–Crippen LogP) is 3.20. The molecule has 1 aromatic heterocycles. The monoisotopic (exact) mass is 361 g/mol. The Labute approximate surface area is 95.0 Å². The van der Waals surface area contributed by atoms with Gasteiger partial charge in [0.15, 0.2) is 6.29 Å². The van der Waals surface area contributed by atoms with Gasteiger partial charge in [0.05, 0.1) is 5.56 Å². The Kier molecular flexibility index (Phi) is 3.72. The molecule has 0 spiro atoms. The first-order chi connectivity index (χ1) is 6.06. The number of rotatable bonds is 2. The van der Waals surface area contributed by atoms with Crippen molar-refractivity contribution in [1.82, 2.24) is 4.98 Å². The molecule has 0 saturated carbocycles. The zero-order valence-electron chi connectivity index (χ0n) is 6.10. The van der Waals surface area contributed by atoms with Crippen molar-refractivity contribution in [2.75, 3.05) is 0 Å². The van der Waals surface area contributed by atoms with E-state index in [1.165, 1.54) is 6.07 Å². The summed E-state index contributed by atoms with van der Waals surface area (Å²) >= 11 is 4.63. The van der Waals surface area contributed by atoms with E-state index in [1.54, 1.807) is 22.6 Å². The summed E-state index contributed by atoms with van der Waals surface area (Å²) in [7, 11) is 0. The fourth-order valence-corrected chi connectivity index (χ4v) is 2.54. The first-order valence-electron chi connectivity index (χ1n) is 3.15. The first-order valence-corrected chi connectivity index (χ1v) is 5.02. The summed E-state index contributed by atoms with van der Waals surface area (Å²) in [6.45, 7) is 0. The zero-order valence-corrected chi connectivity index (χ0v) is 9.84. The van der Waals surface area contributed by atoms with Gasteiger partial charge in [0.2, 0.25) is 0 Å². The molecule has 2 nitrogen and oxygen atoms in total. The van der Waals surface area contributed by atoms with Gasteiger partial charge in [-0.1, -0.05) is 15.9 Å². The van der Waals surface area contributed by atoms with Gasteiger partial charge in [0.1, 0.15) is 9.39 Å². The molecule has 0 N–H and O–H groups in total. The van der Waals surface area contributed by atoms with E-state index in [-0.39, 0.29) is 19.4 Å². The number of hydrogen-bond donors (Lipinski definition) is 0. The summed E-state index contributed by atoms with van der Waals surface area (Å²) in [6, 6.07) is 1.27. The van der Waals surface area contributed by atoms with Gasteiger partial charge in [0, 0.05) is 4.47 Å². The van der Waals surface area contributed by atoms with Crippen molar-refractivity contribution in [3.05, 3.63) is 25.5 Å². The van der Waals surface area contributed by atoms with E-state index in [0.717, 1.165) is 0 Å². The Morgan fingerprint density at radius 2 is 2.23 bits per heavy atom. The highest BCUT2D eigenvalue weighted by Gasteiger charge is 2.17. The largest absolute Gasteiger partial charge is 0.296 e. The van der Waals surface area contributed by atoms with Gasteiger partial charge in [-0.25, -0.2) is 13.8 Å². The third-order valence-corrected chi connectivity index (χ3v) is 2.80. The van der Waals surface area contributed by atoms with Crippen LogP contribution in [0.1, 0.15) is 22.5 Å². The lowest BCUT2D eigenvalue weighted by Gasteiger charge is -2.05. The Balaban J connectivity index is 3.31. The molecule has 0 aliphatic carbocycles. The van der Waals surface area contributed by atoms with Crippen molar-refractivity contribution in [3.8, 4) is 0 Å². The molecule has 1 rings (SSSR count). The fraction of sp³-hybridized carbons (Fsp3) is 0.143. The maximum Gasteiger partial charge on any atom is 0.267 e. The molecular formula is C7H3BrF2INO. The molecular weight excluding hydrogens is 359 g/mol. The number of halogens is 4. The minimum absolute atomic E-state index is 0.140. The van der Waals surface area contributed by atoms with Crippen LogP contribution in [-0.2, 0) is 0 Å². The topological polar surface area (TPSA) is 30.0 Å². The lowest BCUT2D eigenvalue weighted by molar-refractivity contribution is 0.111. The van der Waals surface area contributed by atoms with Crippen molar-refractivity contribution >= 4 is 44.8 Å². The van der Waals surface area contributed by atoms with Gasteiger partial charge < -0.3 is 0 Å². The van der Waals surface area contributed by atoms with E-state index in [4.69, 9.17) is 0 Å². The zero-order chi connectivity index (χ0) is 10.0. The molecule has 0 fully saturated rings. The van der Waals surface area contributed by atoms with Crippen LogP contribution in [0.3, 0.4) is 0 Å². The van der Waals surface area contributed by atoms with E-state index < -0.39 is 6.43 Å². The van der Waals surface area contributed by atoms with E-state index in [2.05, 4.69) is 20.9 Å². The van der Waals surface area contributed by atoms with Gasteiger partial charge >= 0.3 is 0 Å². The minimum atomic E-state index is -2.59. The summed E-state index contributed by atoms with van der Waals surface area (Å²) in [4.78, 5) is 14.0. The molecule has 0 aromatic carbocycles. The molecule has 1 heterocycles. The van der Waals surface area contributed by atoms with Crippen LogP contribution in [0.15, 0.2) is 10.5 Å². The van der Waals surface area contributed by atoms with Crippen LogP contribution in [0.25, 0.3) is 0 Å². The summed E-state index contributed by atoms with van der Waals surface area (Å²) in [5.74, 6) is 0. The smallest absolute Gasteiger partial charge is 0.267 e. The van der Waals surface area contributed by atoms with Crippen LogP contribution in [0, 0.1) is 3.70 Å². The van der Waals surface area contributed by atoms with Gasteiger partial charge in [-0.15, -0.1) is 0 Å². The van der Waals surface area contributed by atoms with Crippen LogP contribution in [0.2, 0.25) is 0 Å². The number of pyridine rings is 1. The predicted molar refractivity (Wildman–Crippen MR) is 55.0 cm³/mol. The molecule has 0 amide bonds. The lowest BCUT2D eigenvalue weighted by Crippen LogP contribution is -1.98. The summed E-state index contributed by atoms with van der Waals surface area (Å²) < 4.78 is 25.1. The van der Waals surface area contributed by atoms with Crippen molar-refractivity contribution in [3.63, 3.8) is 0 Å².